The van der Waals surface area contributed by atoms with Gasteiger partial charge in [0.2, 0.25) is 0 Å². The van der Waals surface area contributed by atoms with Crippen molar-refractivity contribution < 1.29 is 0 Å². The Balaban J connectivity index is 1.72. The number of benzene rings is 1. The van der Waals surface area contributed by atoms with Crippen LogP contribution in [0.25, 0.3) is 0 Å². The van der Waals surface area contributed by atoms with Crippen LogP contribution in [0.4, 0.5) is 0 Å². The lowest BCUT2D eigenvalue weighted by atomic mass is 9.63. The lowest BCUT2D eigenvalue weighted by molar-refractivity contribution is 0.168. The summed E-state index contributed by atoms with van der Waals surface area (Å²) in [6, 6.07) is 7.05. The fourth-order valence-electron chi connectivity index (χ4n) is 5.01. The first kappa shape index (κ1) is 11.8. The first-order valence-electron chi connectivity index (χ1n) is 7.96. The molecule has 1 fully saturated rings. The van der Waals surface area contributed by atoms with Crippen molar-refractivity contribution in [3.8, 4) is 0 Å². The number of rotatable bonds is 1. The van der Waals surface area contributed by atoms with E-state index in [1.54, 1.807) is 22.3 Å². The average Bonchev–Trinajstić information content (AvgIpc) is 2.98. The summed E-state index contributed by atoms with van der Waals surface area (Å²) in [5.41, 5.74) is 7.39. The molecule has 1 aromatic rings. The van der Waals surface area contributed by atoms with Crippen molar-refractivity contribution in [2.24, 2.45) is 11.3 Å². The molecule has 2 unspecified atom stereocenters. The van der Waals surface area contributed by atoms with Gasteiger partial charge in [0, 0.05) is 0 Å². The quantitative estimate of drug-likeness (QED) is 0.615. The van der Waals surface area contributed by atoms with Crippen molar-refractivity contribution >= 4 is 0 Å². The minimum Gasteiger partial charge on any atom is -0.0850 e. The van der Waals surface area contributed by atoms with Crippen molar-refractivity contribution in [1.82, 2.24) is 0 Å². The molecule has 1 spiro atoms. The molecule has 4 rings (SSSR count). The maximum atomic E-state index is 2.52. The predicted octanol–water partition coefficient (Wildman–Crippen LogP) is 5.03. The van der Waals surface area contributed by atoms with E-state index in [-0.39, 0.29) is 0 Å². The van der Waals surface area contributed by atoms with E-state index in [4.69, 9.17) is 0 Å². The van der Waals surface area contributed by atoms with Crippen LogP contribution in [0.15, 0.2) is 29.8 Å². The van der Waals surface area contributed by atoms with Crippen molar-refractivity contribution in [3.05, 3.63) is 46.5 Å². The fraction of sp³-hybridized carbons (Fsp3) is 0.579. The van der Waals surface area contributed by atoms with Crippen LogP contribution in [0, 0.1) is 11.3 Å². The molecular weight excluding hydrogens is 228 g/mol. The van der Waals surface area contributed by atoms with Gasteiger partial charge in [0.1, 0.15) is 0 Å². The minimum absolute atomic E-state index is 0.646. The Morgan fingerprint density at radius 1 is 1.21 bits per heavy atom. The van der Waals surface area contributed by atoms with Gasteiger partial charge in [-0.3, -0.25) is 0 Å². The maximum Gasteiger partial charge on any atom is -0.0182 e. The van der Waals surface area contributed by atoms with Crippen LogP contribution >= 0.6 is 0 Å². The maximum absolute atomic E-state index is 2.52. The summed E-state index contributed by atoms with van der Waals surface area (Å²) in [5.74, 6) is 1.64. The molecule has 3 aliphatic rings. The average molecular weight is 252 g/mol. The highest BCUT2D eigenvalue weighted by Crippen LogP contribution is 2.58. The van der Waals surface area contributed by atoms with Crippen molar-refractivity contribution in [3.63, 3.8) is 0 Å². The van der Waals surface area contributed by atoms with Gasteiger partial charge in [-0.15, -0.1) is 0 Å². The summed E-state index contributed by atoms with van der Waals surface area (Å²) < 4.78 is 0. The van der Waals surface area contributed by atoms with Gasteiger partial charge in [-0.1, -0.05) is 43.7 Å². The second-order valence-corrected chi connectivity index (χ2v) is 7.35. The number of hydrogen-bond acceptors (Lipinski definition) is 0. The monoisotopic (exact) mass is 252 g/mol. The molecule has 0 amide bonds. The molecule has 2 atom stereocenters. The summed E-state index contributed by atoms with van der Waals surface area (Å²) in [7, 11) is 0. The van der Waals surface area contributed by atoms with Crippen LogP contribution in [-0.2, 0) is 12.8 Å². The number of hydrogen-bond donors (Lipinski definition) is 0. The van der Waals surface area contributed by atoms with E-state index in [0.717, 1.165) is 5.92 Å². The Labute approximate surface area is 116 Å². The zero-order chi connectivity index (χ0) is 13.0. The van der Waals surface area contributed by atoms with Gasteiger partial charge in [-0.05, 0) is 72.5 Å². The molecule has 0 aromatic heterocycles. The molecule has 0 radical (unpaired) electrons. The van der Waals surface area contributed by atoms with Gasteiger partial charge >= 0.3 is 0 Å². The highest BCUT2D eigenvalue weighted by atomic mass is 14.5. The van der Waals surface area contributed by atoms with E-state index in [1.807, 2.05) is 0 Å². The van der Waals surface area contributed by atoms with E-state index in [2.05, 4.69) is 38.1 Å². The molecule has 3 aliphatic carbocycles. The lowest BCUT2D eigenvalue weighted by Crippen LogP contribution is -2.33. The molecule has 0 heterocycles. The predicted molar refractivity (Wildman–Crippen MR) is 80.4 cm³/mol. The van der Waals surface area contributed by atoms with E-state index >= 15 is 0 Å². The van der Waals surface area contributed by atoms with Crippen LogP contribution in [0.2, 0.25) is 0 Å². The molecule has 0 N–H and O–H groups in total. The Morgan fingerprint density at radius 2 is 2.11 bits per heavy atom. The first-order valence-corrected chi connectivity index (χ1v) is 7.96. The number of allylic oxidation sites excluding steroid dienone is 2. The third-order valence-corrected chi connectivity index (χ3v) is 5.99. The van der Waals surface area contributed by atoms with Crippen LogP contribution in [0.5, 0.6) is 0 Å². The van der Waals surface area contributed by atoms with E-state index in [1.165, 1.54) is 38.5 Å². The van der Waals surface area contributed by atoms with Gasteiger partial charge in [-0.25, -0.2) is 0 Å². The topological polar surface area (TPSA) is 0 Å². The Hall–Kier alpha value is -1.04. The second-order valence-electron chi connectivity index (χ2n) is 7.35. The third kappa shape index (κ3) is 1.65. The second kappa shape index (κ2) is 3.98. The van der Waals surface area contributed by atoms with Crippen molar-refractivity contribution in [2.75, 3.05) is 0 Å². The normalized spacial score (nSPS) is 31.9. The first-order chi connectivity index (χ1) is 9.18. The zero-order valence-corrected chi connectivity index (χ0v) is 12.2. The number of fused-ring (bicyclic) bond motifs is 4. The van der Waals surface area contributed by atoms with Gasteiger partial charge in [-0.2, -0.15) is 0 Å². The molecule has 0 saturated heterocycles. The molecule has 100 valence electrons. The molecule has 2 bridgehead atoms. The minimum atomic E-state index is 0.646. The summed E-state index contributed by atoms with van der Waals surface area (Å²) >= 11 is 0. The van der Waals surface area contributed by atoms with Gasteiger partial charge in [0.25, 0.3) is 0 Å². The van der Waals surface area contributed by atoms with E-state index in [0.29, 0.717) is 11.3 Å². The highest BCUT2D eigenvalue weighted by molar-refractivity contribution is 5.41. The highest BCUT2D eigenvalue weighted by Gasteiger charge is 2.48. The van der Waals surface area contributed by atoms with Gasteiger partial charge in [0.05, 0.1) is 0 Å². The summed E-state index contributed by atoms with van der Waals surface area (Å²) in [6.07, 6.45) is 10.8. The van der Waals surface area contributed by atoms with Crippen molar-refractivity contribution in [2.45, 2.75) is 58.3 Å². The molecule has 1 saturated carbocycles. The van der Waals surface area contributed by atoms with Gasteiger partial charge < -0.3 is 0 Å². The smallest absolute Gasteiger partial charge is 0.0182 e. The van der Waals surface area contributed by atoms with Crippen LogP contribution < -0.4 is 0 Å². The molecule has 0 nitrogen and oxygen atoms in total. The Bertz CT molecular complexity index is 549. The van der Waals surface area contributed by atoms with Gasteiger partial charge in [0.15, 0.2) is 0 Å². The Kier molecular flexibility index (Phi) is 2.46. The van der Waals surface area contributed by atoms with E-state index < -0.39 is 0 Å². The van der Waals surface area contributed by atoms with Crippen LogP contribution in [0.1, 0.15) is 62.1 Å². The summed E-state index contributed by atoms with van der Waals surface area (Å²) in [6.45, 7) is 4.67. The summed E-state index contributed by atoms with van der Waals surface area (Å²) in [5, 5.41) is 0. The van der Waals surface area contributed by atoms with Crippen LogP contribution in [0.3, 0.4) is 0 Å². The molecule has 19 heavy (non-hydrogen) atoms. The molecule has 0 heteroatoms. The molecule has 1 aromatic carbocycles. The molecular formula is C19H24. The zero-order valence-electron chi connectivity index (χ0n) is 12.2. The third-order valence-electron chi connectivity index (χ3n) is 5.99. The summed E-state index contributed by atoms with van der Waals surface area (Å²) in [4.78, 5) is 0. The molecule has 0 aliphatic heterocycles. The Morgan fingerprint density at radius 3 is 2.79 bits per heavy atom. The SMILES string of the molecule is CC(C)c1cccc2c1CCC1(CC3=CCC1C3)C2. The van der Waals surface area contributed by atoms with E-state index in [9.17, 15) is 0 Å². The fourth-order valence-corrected chi connectivity index (χ4v) is 5.01. The van der Waals surface area contributed by atoms with Crippen LogP contribution in [-0.4, -0.2) is 0 Å². The van der Waals surface area contributed by atoms with Crippen molar-refractivity contribution in [1.29, 1.82) is 0 Å². The largest absolute Gasteiger partial charge is 0.0850 e. The standard InChI is InChI=1S/C19H24/c1-13(2)17-5-3-4-15-12-19(9-8-18(15)17)11-14-6-7-16(19)10-14/h3-6,13,16H,7-12H2,1-2H3. The lowest BCUT2D eigenvalue weighted by Gasteiger charge is -2.41.